The van der Waals surface area contributed by atoms with Crippen LogP contribution in [0.25, 0.3) is 0 Å². The summed E-state index contributed by atoms with van der Waals surface area (Å²) >= 11 is 0. The normalized spacial score (nSPS) is 19.4. The van der Waals surface area contributed by atoms with Crippen molar-refractivity contribution in [2.24, 2.45) is 0 Å². The van der Waals surface area contributed by atoms with Gasteiger partial charge < -0.3 is 5.32 Å². The molecule has 0 saturated heterocycles. The lowest BCUT2D eigenvalue weighted by Gasteiger charge is -2.19. The van der Waals surface area contributed by atoms with E-state index >= 15 is 0 Å². The number of amides is 1. The molecule has 84 valence electrons. The summed E-state index contributed by atoms with van der Waals surface area (Å²) < 4.78 is 13.3. The van der Waals surface area contributed by atoms with Crippen LogP contribution in [0.3, 0.4) is 0 Å². The highest BCUT2D eigenvalue weighted by atomic mass is 19.1. The van der Waals surface area contributed by atoms with Crippen molar-refractivity contribution >= 4 is 5.91 Å². The third kappa shape index (κ3) is 2.48. The highest BCUT2D eigenvalue weighted by molar-refractivity contribution is 5.94. The topological polar surface area (TPSA) is 29.1 Å². The predicted octanol–water partition coefficient (Wildman–Crippen LogP) is 2.66. The van der Waals surface area contributed by atoms with Gasteiger partial charge in [-0.15, -0.1) is 0 Å². The molecule has 1 aromatic rings. The Hall–Kier alpha value is -1.64. The predicted molar refractivity (Wildman–Crippen MR) is 60.6 cm³/mol. The molecule has 2 rings (SSSR count). The Morgan fingerprint density at radius 2 is 2.12 bits per heavy atom. The number of hydrogen-bond acceptors (Lipinski definition) is 1. The molecule has 0 fully saturated rings. The van der Waals surface area contributed by atoms with Crippen LogP contribution in [0.4, 0.5) is 4.39 Å². The van der Waals surface area contributed by atoms with Gasteiger partial charge >= 0.3 is 0 Å². The molecule has 2 nitrogen and oxygen atoms in total. The van der Waals surface area contributed by atoms with E-state index in [2.05, 4.69) is 17.5 Å². The van der Waals surface area contributed by atoms with Gasteiger partial charge in [-0.25, -0.2) is 4.39 Å². The van der Waals surface area contributed by atoms with Gasteiger partial charge in [-0.2, -0.15) is 0 Å². The van der Waals surface area contributed by atoms with Gasteiger partial charge in [0.05, 0.1) is 5.56 Å². The average Bonchev–Trinajstić information content (AvgIpc) is 2.31. The van der Waals surface area contributed by atoms with E-state index in [4.69, 9.17) is 0 Å². The molecular weight excluding hydrogens is 205 g/mol. The van der Waals surface area contributed by atoms with Crippen molar-refractivity contribution in [2.75, 3.05) is 0 Å². The number of allylic oxidation sites excluding steroid dienone is 1. The summed E-state index contributed by atoms with van der Waals surface area (Å²) in [5.74, 6) is -0.787. The molecule has 1 aliphatic rings. The number of rotatable bonds is 2. The molecule has 0 radical (unpaired) electrons. The molecule has 1 aromatic carbocycles. The van der Waals surface area contributed by atoms with E-state index in [1.807, 2.05) is 0 Å². The van der Waals surface area contributed by atoms with Crippen molar-refractivity contribution in [3.8, 4) is 0 Å². The Kier molecular flexibility index (Phi) is 3.34. The lowest BCUT2D eigenvalue weighted by molar-refractivity contribution is 0.0930. The second-order valence-corrected chi connectivity index (χ2v) is 3.93. The van der Waals surface area contributed by atoms with E-state index in [1.54, 1.807) is 12.1 Å². The van der Waals surface area contributed by atoms with Crippen LogP contribution < -0.4 is 5.32 Å². The van der Waals surface area contributed by atoms with Crippen molar-refractivity contribution in [3.63, 3.8) is 0 Å². The number of benzene rings is 1. The number of carbonyl (C=O) groups is 1. The second kappa shape index (κ2) is 4.92. The van der Waals surface area contributed by atoms with Crippen molar-refractivity contribution in [3.05, 3.63) is 47.8 Å². The fraction of sp³-hybridized carbons (Fsp3) is 0.308. The monoisotopic (exact) mass is 219 g/mol. The van der Waals surface area contributed by atoms with E-state index in [1.165, 1.54) is 12.1 Å². The van der Waals surface area contributed by atoms with E-state index in [0.717, 1.165) is 19.3 Å². The minimum atomic E-state index is -0.466. The van der Waals surface area contributed by atoms with Crippen molar-refractivity contribution in [1.82, 2.24) is 5.32 Å². The third-order valence-corrected chi connectivity index (χ3v) is 2.72. The molecule has 0 aromatic heterocycles. The zero-order valence-electron chi connectivity index (χ0n) is 8.95. The molecule has 0 heterocycles. The van der Waals surface area contributed by atoms with Crippen molar-refractivity contribution < 1.29 is 9.18 Å². The summed E-state index contributed by atoms with van der Waals surface area (Å²) in [6, 6.07) is 6.19. The third-order valence-electron chi connectivity index (χ3n) is 2.72. The smallest absolute Gasteiger partial charge is 0.254 e. The van der Waals surface area contributed by atoms with Crippen LogP contribution in [-0.2, 0) is 0 Å². The molecule has 0 spiro atoms. The molecule has 1 N–H and O–H groups in total. The van der Waals surface area contributed by atoms with Gasteiger partial charge in [0.1, 0.15) is 5.82 Å². The largest absolute Gasteiger partial charge is 0.349 e. The van der Waals surface area contributed by atoms with Crippen LogP contribution in [0, 0.1) is 5.82 Å². The van der Waals surface area contributed by atoms with Crippen molar-refractivity contribution in [2.45, 2.75) is 25.3 Å². The molecule has 1 unspecified atom stereocenters. The summed E-state index contributed by atoms with van der Waals surface area (Å²) in [7, 11) is 0. The standard InChI is InChI=1S/C13H14FNO/c14-12-9-5-4-8-11(12)13(16)15-10-6-2-1-3-7-10/h1-2,4-5,8-10H,3,6-7H2,(H,15,16). The minimum Gasteiger partial charge on any atom is -0.349 e. The molecule has 0 bridgehead atoms. The van der Waals surface area contributed by atoms with E-state index in [9.17, 15) is 9.18 Å². The van der Waals surface area contributed by atoms with Gasteiger partial charge in [0.15, 0.2) is 0 Å². The van der Waals surface area contributed by atoms with Crippen molar-refractivity contribution in [1.29, 1.82) is 0 Å². The maximum Gasteiger partial charge on any atom is 0.254 e. The van der Waals surface area contributed by atoms with Crippen LogP contribution in [0.2, 0.25) is 0 Å². The summed E-state index contributed by atoms with van der Waals surface area (Å²) in [5, 5.41) is 2.85. The summed E-state index contributed by atoms with van der Waals surface area (Å²) in [4.78, 5) is 11.8. The summed E-state index contributed by atoms with van der Waals surface area (Å²) in [6.45, 7) is 0. The van der Waals surface area contributed by atoms with Gasteiger partial charge in [0.2, 0.25) is 0 Å². The molecule has 1 atom stereocenters. The number of carbonyl (C=O) groups excluding carboxylic acids is 1. The molecule has 0 saturated carbocycles. The summed E-state index contributed by atoms with van der Waals surface area (Å²) in [6.07, 6.45) is 6.89. The van der Waals surface area contributed by atoms with Gasteiger partial charge in [0, 0.05) is 6.04 Å². The Balaban J connectivity index is 2.03. The van der Waals surface area contributed by atoms with E-state index < -0.39 is 5.82 Å². The van der Waals surface area contributed by atoms with Crippen LogP contribution in [0.1, 0.15) is 29.6 Å². The maximum atomic E-state index is 13.3. The average molecular weight is 219 g/mol. The quantitative estimate of drug-likeness (QED) is 0.761. The highest BCUT2D eigenvalue weighted by Crippen LogP contribution is 2.12. The molecule has 3 heteroatoms. The SMILES string of the molecule is O=C(NC1CC=CCC1)c1ccccc1F. The lowest BCUT2D eigenvalue weighted by atomic mass is 10.0. The molecule has 0 aliphatic heterocycles. The van der Waals surface area contributed by atoms with Crippen LogP contribution in [0.15, 0.2) is 36.4 Å². The van der Waals surface area contributed by atoms with Gasteiger partial charge in [0.25, 0.3) is 5.91 Å². The first-order valence-electron chi connectivity index (χ1n) is 5.48. The van der Waals surface area contributed by atoms with Gasteiger partial charge in [-0.1, -0.05) is 24.3 Å². The van der Waals surface area contributed by atoms with Crippen LogP contribution in [-0.4, -0.2) is 11.9 Å². The van der Waals surface area contributed by atoms with E-state index in [-0.39, 0.29) is 17.5 Å². The highest BCUT2D eigenvalue weighted by Gasteiger charge is 2.16. The lowest BCUT2D eigenvalue weighted by Crippen LogP contribution is -2.35. The fourth-order valence-corrected chi connectivity index (χ4v) is 1.83. The minimum absolute atomic E-state index is 0.122. The van der Waals surface area contributed by atoms with Gasteiger partial charge in [-0.3, -0.25) is 4.79 Å². The van der Waals surface area contributed by atoms with Crippen LogP contribution >= 0.6 is 0 Å². The summed E-state index contributed by atoms with van der Waals surface area (Å²) in [5.41, 5.74) is 0.122. The molecule has 16 heavy (non-hydrogen) atoms. The number of hydrogen-bond donors (Lipinski definition) is 1. The first kappa shape index (κ1) is 10.9. The number of nitrogens with one attached hydrogen (secondary N) is 1. The zero-order valence-corrected chi connectivity index (χ0v) is 8.95. The fourth-order valence-electron chi connectivity index (χ4n) is 1.83. The molecule has 1 amide bonds. The number of halogens is 1. The molecular formula is C13H14FNO. The Labute approximate surface area is 94.2 Å². The maximum absolute atomic E-state index is 13.3. The van der Waals surface area contributed by atoms with Gasteiger partial charge in [-0.05, 0) is 31.4 Å². The first-order valence-corrected chi connectivity index (χ1v) is 5.48. The first-order chi connectivity index (χ1) is 7.77. The Morgan fingerprint density at radius 1 is 1.31 bits per heavy atom. The van der Waals surface area contributed by atoms with E-state index in [0.29, 0.717) is 0 Å². The zero-order chi connectivity index (χ0) is 11.4. The molecule has 1 aliphatic carbocycles. The van der Waals surface area contributed by atoms with Crippen LogP contribution in [0.5, 0.6) is 0 Å². The Morgan fingerprint density at radius 3 is 2.81 bits per heavy atom. The second-order valence-electron chi connectivity index (χ2n) is 3.93. The Bertz CT molecular complexity index is 414.